The fraction of sp³-hybridized carbons (Fsp3) is 0.192. The summed E-state index contributed by atoms with van der Waals surface area (Å²) in [5.41, 5.74) is 2.84. The van der Waals surface area contributed by atoms with Gasteiger partial charge in [-0.15, -0.1) is 0 Å². The van der Waals surface area contributed by atoms with Crippen molar-refractivity contribution in [3.05, 3.63) is 83.9 Å². The fourth-order valence-electron chi connectivity index (χ4n) is 3.97. The number of nitrogens with one attached hydrogen (secondary N) is 2. The van der Waals surface area contributed by atoms with Crippen LogP contribution in [0.4, 0.5) is 5.69 Å². The molecular formula is C26H23N3O4. The topological polar surface area (TPSA) is 93.5 Å². The van der Waals surface area contributed by atoms with Crippen LogP contribution in [0.1, 0.15) is 33.6 Å². The van der Waals surface area contributed by atoms with Gasteiger partial charge >= 0.3 is 0 Å². The van der Waals surface area contributed by atoms with Gasteiger partial charge in [-0.05, 0) is 43.2 Å². The quantitative estimate of drug-likeness (QED) is 0.454. The van der Waals surface area contributed by atoms with E-state index in [0.29, 0.717) is 34.6 Å². The zero-order valence-corrected chi connectivity index (χ0v) is 17.9. The average molecular weight is 441 g/mol. The SMILES string of the molecule is O=C(Nc1ccccc1C(=O)NCC1CCCO1)c1ccc2noc(-c3ccccc3)c2c1. The Morgan fingerprint density at radius 1 is 0.970 bits per heavy atom. The summed E-state index contributed by atoms with van der Waals surface area (Å²) in [7, 11) is 0. The summed E-state index contributed by atoms with van der Waals surface area (Å²) < 4.78 is 11.1. The summed E-state index contributed by atoms with van der Waals surface area (Å²) in [5.74, 6) is 0.0351. The van der Waals surface area contributed by atoms with Gasteiger partial charge < -0.3 is 19.9 Å². The van der Waals surface area contributed by atoms with Crippen LogP contribution in [0.3, 0.4) is 0 Å². The van der Waals surface area contributed by atoms with Crippen LogP contribution in [0.2, 0.25) is 0 Å². The second kappa shape index (κ2) is 9.26. The highest BCUT2D eigenvalue weighted by Gasteiger charge is 2.19. The lowest BCUT2D eigenvalue weighted by Crippen LogP contribution is -2.32. The highest BCUT2D eigenvalue weighted by Crippen LogP contribution is 2.29. The molecule has 3 aromatic carbocycles. The Kier molecular flexibility index (Phi) is 5.87. The summed E-state index contributed by atoms with van der Waals surface area (Å²) in [4.78, 5) is 25.8. The van der Waals surface area contributed by atoms with Crippen molar-refractivity contribution < 1.29 is 18.8 Å². The summed E-state index contributed by atoms with van der Waals surface area (Å²) in [6, 6.07) is 21.8. The van der Waals surface area contributed by atoms with Crippen LogP contribution in [-0.4, -0.2) is 36.2 Å². The van der Waals surface area contributed by atoms with Crippen molar-refractivity contribution >= 4 is 28.4 Å². The van der Waals surface area contributed by atoms with Gasteiger partial charge in [-0.3, -0.25) is 9.59 Å². The van der Waals surface area contributed by atoms with Crippen LogP contribution < -0.4 is 10.6 Å². The van der Waals surface area contributed by atoms with E-state index in [4.69, 9.17) is 9.26 Å². The second-order valence-corrected chi connectivity index (χ2v) is 7.95. The first kappa shape index (κ1) is 20.9. The van der Waals surface area contributed by atoms with E-state index < -0.39 is 0 Å². The molecule has 1 saturated heterocycles. The second-order valence-electron chi connectivity index (χ2n) is 7.95. The Labute approximate surface area is 190 Å². The molecule has 0 bridgehead atoms. The van der Waals surface area contributed by atoms with Gasteiger partial charge in [-0.25, -0.2) is 0 Å². The zero-order chi connectivity index (χ0) is 22.6. The number of ether oxygens (including phenoxy) is 1. The minimum absolute atomic E-state index is 0.0461. The standard InChI is InChI=1S/C26H23N3O4/c30-25(18-12-13-23-21(15-18)24(33-29-23)17-7-2-1-3-8-17)28-22-11-5-4-10-20(22)26(31)27-16-19-9-6-14-32-19/h1-5,7-8,10-13,15,19H,6,9,14,16H2,(H,27,31)(H,28,30). The molecule has 1 unspecified atom stereocenters. The van der Waals surface area contributed by atoms with Crippen LogP contribution in [0.25, 0.3) is 22.2 Å². The van der Waals surface area contributed by atoms with Gasteiger partial charge in [-0.1, -0.05) is 47.6 Å². The van der Waals surface area contributed by atoms with Crippen molar-refractivity contribution in [2.75, 3.05) is 18.5 Å². The third-order valence-electron chi connectivity index (χ3n) is 5.71. The van der Waals surface area contributed by atoms with Gasteiger partial charge in [0.2, 0.25) is 0 Å². The normalized spacial score (nSPS) is 15.5. The molecule has 0 spiro atoms. The van der Waals surface area contributed by atoms with Gasteiger partial charge in [0.05, 0.1) is 22.7 Å². The molecule has 7 heteroatoms. The maximum Gasteiger partial charge on any atom is 0.255 e. The average Bonchev–Trinajstić information content (AvgIpc) is 3.53. The molecule has 0 aliphatic carbocycles. The zero-order valence-electron chi connectivity index (χ0n) is 17.9. The highest BCUT2D eigenvalue weighted by atomic mass is 16.5. The van der Waals surface area contributed by atoms with Gasteiger partial charge in [0.25, 0.3) is 11.8 Å². The van der Waals surface area contributed by atoms with Crippen molar-refractivity contribution in [3.8, 4) is 11.3 Å². The predicted molar refractivity (Wildman–Crippen MR) is 125 cm³/mol. The lowest BCUT2D eigenvalue weighted by Gasteiger charge is -2.14. The number of benzene rings is 3. The van der Waals surface area contributed by atoms with Crippen molar-refractivity contribution in [2.45, 2.75) is 18.9 Å². The van der Waals surface area contributed by atoms with Crippen molar-refractivity contribution in [2.24, 2.45) is 0 Å². The van der Waals surface area contributed by atoms with E-state index in [1.165, 1.54) is 0 Å². The third kappa shape index (κ3) is 4.49. The van der Waals surface area contributed by atoms with Crippen molar-refractivity contribution in [1.82, 2.24) is 10.5 Å². The van der Waals surface area contributed by atoms with E-state index in [2.05, 4.69) is 15.8 Å². The molecule has 33 heavy (non-hydrogen) atoms. The predicted octanol–water partition coefficient (Wildman–Crippen LogP) is 4.66. The van der Waals surface area contributed by atoms with Crippen LogP contribution in [0, 0.1) is 0 Å². The van der Waals surface area contributed by atoms with Crippen molar-refractivity contribution in [1.29, 1.82) is 0 Å². The molecule has 0 saturated carbocycles. The molecule has 1 atom stereocenters. The van der Waals surface area contributed by atoms with E-state index >= 15 is 0 Å². The molecule has 166 valence electrons. The third-order valence-corrected chi connectivity index (χ3v) is 5.71. The Bertz CT molecular complexity index is 1290. The summed E-state index contributed by atoms with van der Waals surface area (Å²) in [5, 5.41) is 10.6. The Balaban J connectivity index is 1.36. The van der Waals surface area contributed by atoms with Gasteiger partial charge in [0.1, 0.15) is 5.52 Å². The smallest absolute Gasteiger partial charge is 0.255 e. The van der Waals surface area contributed by atoms with E-state index in [-0.39, 0.29) is 17.9 Å². The number of rotatable bonds is 6. The number of amides is 2. The summed E-state index contributed by atoms with van der Waals surface area (Å²) >= 11 is 0. The number of para-hydroxylation sites is 1. The number of fused-ring (bicyclic) bond motifs is 1. The van der Waals surface area contributed by atoms with Gasteiger partial charge in [0.15, 0.2) is 5.76 Å². The van der Waals surface area contributed by atoms with E-state index in [1.807, 2.05) is 30.3 Å². The first-order valence-corrected chi connectivity index (χ1v) is 10.9. The van der Waals surface area contributed by atoms with E-state index in [1.54, 1.807) is 42.5 Å². The molecule has 1 aromatic heterocycles. The monoisotopic (exact) mass is 441 g/mol. The van der Waals surface area contributed by atoms with Crippen LogP contribution in [-0.2, 0) is 4.74 Å². The molecule has 2 heterocycles. The first-order valence-electron chi connectivity index (χ1n) is 10.9. The number of hydrogen-bond acceptors (Lipinski definition) is 5. The maximum absolute atomic E-state index is 13.1. The number of hydrogen-bond donors (Lipinski definition) is 2. The Morgan fingerprint density at radius 3 is 2.61 bits per heavy atom. The molecular weight excluding hydrogens is 418 g/mol. The number of nitrogens with zero attached hydrogens (tertiary/aromatic N) is 1. The molecule has 1 aliphatic rings. The van der Waals surface area contributed by atoms with Crippen molar-refractivity contribution in [3.63, 3.8) is 0 Å². The molecule has 5 rings (SSSR count). The first-order chi connectivity index (χ1) is 16.2. The number of carbonyl (C=O) groups is 2. The van der Waals surface area contributed by atoms with Crippen LogP contribution in [0.5, 0.6) is 0 Å². The molecule has 1 fully saturated rings. The summed E-state index contributed by atoms with van der Waals surface area (Å²) in [6.07, 6.45) is 2.00. The Hall–Kier alpha value is -3.97. The molecule has 0 radical (unpaired) electrons. The van der Waals surface area contributed by atoms with Gasteiger partial charge in [0, 0.05) is 24.3 Å². The van der Waals surface area contributed by atoms with E-state index in [9.17, 15) is 9.59 Å². The van der Waals surface area contributed by atoms with Crippen LogP contribution >= 0.6 is 0 Å². The molecule has 4 aromatic rings. The number of anilines is 1. The number of aromatic nitrogens is 1. The summed E-state index contributed by atoms with van der Waals surface area (Å²) in [6.45, 7) is 1.18. The fourth-order valence-corrected chi connectivity index (χ4v) is 3.97. The lowest BCUT2D eigenvalue weighted by molar-refractivity contribution is 0.0858. The van der Waals surface area contributed by atoms with Crippen LogP contribution in [0.15, 0.2) is 77.3 Å². The Morgan fingerprint density at radius 2 is 1.79 bits per heavy atom. The highest BCUT2D eigenvalue weighted by molar-refractivity contribution is 6.10. The van der Waals surface area contributed by atoms with E-state index in [0.717, 1.165) is 30.4 Å². The minimum atomic E-state index is -0.323. The maximum atomic E-state index is 13.1. The minimum Gasteiger partial charge on any atom is -0.376 e. The lowest BCUT2D eigenvalue weighted by atomic mass is 10.1. The molecule has 1 aliphatic heterocycles. The molecule has 2 N–H and O–H groups in total. The number of carbonyl (C=O) groups excluding carboxylic acids is 2. The van der Waals surface area contributed by atoms with Gasteiger partial charge in [-0.2, -0.15) is 0 Å². The molecule has 2 amide bonds. The largest absolute Gasteiger partial charge is 0.376 e. The molecule has 7 nitrogen and oxygen atoms in total.